The minimum absolute atomic E-state index is 0.215. The molecule has 0 bridgehead atoms. The minimum atomic E-state index is -0.240. The Bertz CT molecular complexity index is 699. The van der Waals surface area contributed by atoms with Crippen molar-refractivity contribution >= 4 is 5.91 Å². The van der Waals surface area contributed by atoms with Crippen LogP contribution in [0.15, 0.2) is 16.9 Å². The van der Waals surface area contributed by atoms with Gasteiger partial charge in [-0.3, -0.25) is 14.5 Å². The molecule has 6 heteroatoms. The monoisotopic (exact) mass is 361 g/mol. The van der Waals surface area contributed by atoms with E-state index in [2.05, 4.69) is 10.2 Å². The molecule has 1 aliphatic heterocycles. The van der Waals surface area contributed by atoms with E-state index in [1.54, 1.807) is 17.7 Å². The molecule has 144 valence electrons. The molecule has 26 heavy (non-hydrogen) atoms. The zero-order valence-electron chi connectivity index (χ0n) is 16.2. The summed E-state index contributed by atoms with van der Waals surface area (Å²) in [5, 5.41) is 3.24. The smallest absolute Gasteiger partial charge is 0.263 e. The number of carbonyl (C=O) groups excluding carboxylic acids is 1. The van der Waals surface area contributed by atoms with Crippen LogP contribution in [0, 0.1) is 0 Å². The van der Waals surface area contributed by atoms with Crippen LogP contribution in [0.2, 0.25) is 0 Å². The number of amides is 1. The highest BCUT2D eigenvalue weighted by Gasteiger charge is 2.38. The van der Waals surface area contributed by atoms with Crippen molar-refractivity contribution in [2.75, 3.05) is 32.8 Å². The maximum Gasteiger partial charge on any atom is 0.263 e. The second-order valence-corrected chi connectivity index (χ2v) is 8.02. The van der Waals surface area contributed by atoms with Gasteiger partial charge in [0.25, 0.3) is 11.5 Å². The van der Waals surface area contributed by atoms with E-state index in [-0.39, 0.29) is 28.5 Å². The maximum atomic E-state index is 12.9. The lowest BCUT2D eigenvalue weighted by atomic mass is 9.95. The van der Waals surface area contributed by atoms with Gasteiger partial charge < -0.3 is 14.6 Å². The zero-order valence-corrected chi connectivity index (χ0v) is 16.2. The van der Waals surface area contributed by atoms with Gasteiger partial charge in [0, 0.05) is 32.4 Å². The molecule has 1 amide bonds. The van der Waals surface area contributed by atoms with Crippen LogP contribution < -0.4 is 10.9 Å². The number of carbonyl (C=O) groups is 1. The Morgan fingerprint density at radius 2 is 1.88 bits per heavy atom. The van der Waals surface area contributed by atoms with E-state index < -0.39 is 0 Å². The van der Waals surface area contributed by atoms with Gasteiger partial charge in [-0.2, -0.15) is 0 Å². The Labute approximate surface area is 155 Å². The maximum absolute atomic E-state index is 12.9. The highest BCUT2D eigenvalue weighted by molar-refractivity contribution is 5.94. The molecule has 3 rings (SSSR count). The van der Waals surface area contributed by atoms with Gasteiger partial charge in [-0.05, 0) is 30.9 Å². The average Bonchev–Trinajstić information content (AvgIpc) is 3.05. The topological polar surface area (TPSA) is 63.6 Å². The quantitative estimate of drug-likeness (QED) is 0.870. The number of hydrogen-bond acceptors (Lipinski definition) is 4. The van der Waals surface area contributed by atoms with E-state index in [1.165, 1.54) is 0 Å². The molecular weight excluding hydrogens is 330 g/mol. The van der Waals surface area contributed by atoms with E-state index in [0.717, 1.165) is 64.2 Å². The number of aromatic nitrogens is 1. The number of nitrogens with zero attached hydrogens (tertiary/aromatic N) is 2. The molecule has 1 saturated carbocycles. The van der Waals surface area contributed by atoms with Crippen molar-refractivity contribution in [3.05, 3.63) is 33.7 Å². The highest BCUT2D eigenvalue weighted by atomic mass is 16.5. The first-order valence-corrected chi connectivity index (χ1v) is 9.74. The molecule has 0 unspecified atom stereocenters. The van der Waals surface area contributed by atoms with Crippen LogP contribution in [0.5, 0.6) is 0 Å². The van der Waals surface area contributed by atoms with Gasteiger partial charge in [0.05, 0.1) is 18.8 Å². The molecule has 2 heterocycles. The Morgan fingerprint density at radius 1 is 1.23 bits per heavy atom. The van der Waals surface area contributed by atoms with Crippen molar-refractivity contribution in [3.63, 3.8) is 0 Å². The lowest BCUT2D eigenvalue weighted by Gasteiger charge is -2.37. The zero-order chi connectivity index (χ0) is 18.7. The number of rotatable bonds is 5. The fourth-order valence-corrected chi connectivity index (χ4v) is 4.27. The fourth-order valence-electron chi connectivity index (χ4n) is 4.27. The predicted octanol–water partition coefficient (Wildman–Crippen LogP) is 1.88. The number of morpholine rings is 1. The van der Waals surface area contributed by atoms with Gasteiger partial charge in [-0.25, -0.2) is 0 Å². The second-order valence-electron chi connectivity index (χ2n) is 8.02. The summed E-state index contributed by atoms with van der Waals surface area (Å²) in [7, 11) is 1.74. The number of nitrogens with one attached hydrogen (secondary N) is 1. The van der Waals surface area contributed by atoms with Gasteiger partial charge >= 0.3 is 0 Å². The fraction of sp³-hybridized carbons (Fsp3) is 0.700. The van der Waals surface area contributed by atoms with E-state index in [1.807, 2.05) is 19.9 Å². The summed E-state index contributed by atoms with van der Waals surface area (Å²) < 4.78 is 7.03. The molecule has 6 nitrogen and oxygen atoms in total. The minimum Gasteiger partial charge on any atom is -0.379 e. The van der Waals surface area contributed by atoms with Gasteiger partial charge in [-0.15, -0.1) is 0 Å². The number of hydrogen-bond donors (Lipinski definition) is 1. The molecule has 0 aromatic carbocycles. The van der Waals surface area contributed by atoms with Crippen molar-refractivity contribution in [3.8, 4) is 0 Å². The molecule has 2 aliphatic rings. The summed E-state index contributed by atoms with van der Waals surface area (Å²) in [6.45, 7) is 8.24. The van der Waals surface area contributed by atoms with Gasteiger partial charge in [0.15, 0.2) is 0 Å². The van der Waals surface area contributed by atoms with Gasteiger partial charge in [0.1, 0.15) is 5.56 Å². The van der Waals surface area contributed by atoms with Crippen molar-refractivity contribution in [1.82, 2.24) is 14.8 Å². The Kier molecular flexibility index (Phi) is 5.82. The van der Waals surface area contributed by atoms with E-state index >= 15 is 0 Å². The summed E-state index contributed by atoms with van der Waals surface area (Å²) in [5.74, 6) is 0.00312. The third-order valence-electron chi connectivity index (χ3n) is 5.75. The van der Waals surface area contributed by atoms with Gasteiger partial charge in [-0.1, -0.05) is 26.7 Å². The lowest BCUT2D eigenvalue weighted by Crippen LogP contribution is -2.56. The molecule has 2 fully saturated rings. The summed E-state index contributed by atoms with van der Waals surface area (Å²) >= 11 is 0. The molecule has 0 spiro atoms. The third kappa shape index (κ3) is 4.01. The van der Waals surface area contributed by atoms with Crippen LogP contribution in [0.4, 0.5) is 0 Å². The third-order valence-corrected chi connectivity index (χ3v) is 5.75. The van der Waals surface area contributed by atoms with Crippen molar-refractivity contribution in [1.29, 1.82) is 0 Å². The Hall–Kier alpha value is -1.66. The van der Waals surface area contributed by atoms with Gasteiger partial charge in [0.2, 0.25) is 0 Å². The summed E-state index contributed by atoms with van der Waals surface area (Å²) in [6.07, 6.45) is 4.19. The SMILES string of the molecule is CC(C)c1ccc(C(=O)NC2(CN3CCOCC3)CCCC2)c(=O)n1C. The van der Waals surface area contributed by atoms with Crippen LogP contribution in [-0.2, 0) is 11.8 Å². The normalized spacial score (nSPS) is 20.5. The summed E-state index contributed by atoms with van der Waals surface area (Å²) in [6, 6.07) is 3.58. The Morgan fingerprint density at radius 3 is 2.50 bits per heavy atom. The largest absolute Gasteiger partial charge is 0.379 e. The molecule has 1 N–H and O–H groups in total. The molecule has 1 aromatic rings. The van der Waals surface area contributed by atoms with E-state index in [9.17, 15) is 9.59 Å². The molecule has 0 radical (unpaired) electrons. The number of pyridine rings is 1. The Balaban J connectivity index is 1.78. The molecular formula is C20H31N3O3. The van der Waals surface area contributed by atoms with Crippen molar-refractivity contribution in [2.24, 2.45) is 7.05 Å². The first-order valence-electron chi connectivity index (χ1n) is 9.74. The standard InChI is InChI=1S/C20H31N3O3/c1-15(2)17-7-6-16(19(25)22(17)3)18(24)21-20(8-4-5-9-20)14-23-10-12-26-13-11-23/h6-7,15H,4-5,8-14H2,1-3H3,(H,21,24). The van der Waals surface area contributed by atoms with Crippen LogP contribution >= 0.6 is 0 Å². The second kappa shape index (κ2) is 7.92. The first-order chi connectivity index (χ1) is 12.4. The predicted molar refractivity (Wildman–Crippen MR) is 102 cm³/mol. The lowest BCUT2D eigenvalue weighted by molar-refractivity contribution is 0.0238. The average molecular weight is 361 g/mol. The van der Waals surface area contributed by atoms with E-state index in [0.29, 0.717) is 0 Å². The van der Waals surface area contributed by atoms with Crippen LogP contribution in [0.3, 0.4) is 0 Å². The van der Waals surface area contributed by atoms with Crippen LogP contribution in [-0.4, -0.2) is 53.8 Å². The van der Waals surface area contributed by atoms with E-state index in [4.69, 9.17) is 4.74 Å². The summed E-state index contributed by atoms with van der Waals surface area (Å²) in [4.78, 5) is 28.0. The van der Waals surface area contributed by atoms with Crippen molar-refractivity contribution < 1.29 is 9.53 Å². The van der Waals surface area contributed by atoms with Crippen LogP contribution in [0.25, 0.3) is 0 Å². The first kappa shape index (κ1) is 19.1. The summed E-state index contributed by atoms with van der Waals surface area (Å²) in [5.41, 5.74) is 0.740. The molecule has 0 atom stereocenters. The molecule has 1 aliphatic carbocycles. The number of ether oxygens (including phenoxy) is 1. The van der Waals surface area contributed by atoms with Crippen LogP contribution in [0.1, 0.15) is 61.5 Å². The highest BCUT2D eigenvalue weighted by Crippen LogP contribution is 2.31. The van der Waals surface area contributed by atoms with Crippen molar-refractivity contribution in [2.45, 2.75) is 51.0 Å². The molecule has 1 saturated heterocycles. The molecule has 1 aromatic heterocycles.